The first-order valence-electron chi connectivity index (χ1n) is 7.63. The van der Waals surface area contributed by atoms with Gasteiger partial charge in [-0.05, 0) is 26.0 Å². The molecule has 0 bridgehead atoms. The van der Waals surface area contributed by atoms with Gasteiger partial charge in [-0.2, -0.15) is 5.26 Å². The molecule has 126 valence electrons. The first-order chi connectivity index (χ1) is 11.7. The molecule has 0 aliphatic rings. The zero-order valence-electron chi connectivity index (χ0n) is 13.6. The third kappa shape index (κ3) is 4.94. The Morgan fingerprint density at radius 2 is 2.17 bits per heavy atom. The summed E-state index contributed by atoms with van der Waals surface area (Å²) < 4.78 is 0.750. The summed E-state index contributed by atoms with van der Waals surface area (Å²) in [6.07, 6.45) is 0.293. The molecule has 2 aromatic rings. The number of nitrogens with one attached hydrogen (secondary N) is 1. The van der Waals surface area contributed by atoms with E-state index in [0.29, 0.717) is 13.0 Å². The van der Waals surface area contributed by atoms with Crippen molar-refractivity contribution in [2.75, 3.05) is 23.3 Å². The monoisotopic (exact) mass is 361 g/mol. The van der Waals surface area contributed by atoms with Crippen LogP contribution in [-0.2, 0) is 4.79 Å². The smallest absolute Gasteiger partial charge is 0.240 e. The number of para-hydroxylation sites is 1. The van der Waals surface area contributed by atoms with Crippen molar-refractivity contribution in [2.24, 2.45) is 0 Å². The van der Waals surface area contributed by atoms with Crippen molar-refractivity contribution in [3.05, 3.63) is 30.3 Å². The maximum absolute atomic E-state index is 12.8. The largest absolute Gasteiger partial charge is 0.360 e. The Kier molecular flexibility index (Phi) is 7.03. The standard InChI is InChI=1S/C16H19N5OS2/c1-3-18-15-19-20-16(24-15)23-12(2)14(22)21(11-7-10-17)13-8-5-4-6-9-13/h4-6,8-9,12H,3,7,11H2,1-2H3,(H,18,19)/t12-/m1/s1. The van der Waals surface area contributed by atoms with Gasteiger partial charge in [0.2, 0.25) is 11.0 Å². The molecule has 1 N–H and O–H groups in total. The molecule has 2 rings (SSSR count). The minimum atomic E-state index is -0.314. The number of nitriles is 1. The van der Waals surface area contributed by atoms with E-state index in [1.54, 1.807) is 4.90 Å². The molecule has 1 aromatic carbocycles. The lowest BCUT2D eigenvalue weighted by Gasteiger charge is -2.24. The van der Waals surface area contributed by atoms with Crippen molar-refractivity contribution in [1.29, 1.82) is 5.26 Å². The minimum absolute atomic E-state index is 0.0401. The predicted octanol–water partition coefficient (Wildman–Crippen LogP) is 3.40. The van der Waals surface area contributed by atoms with Gasteiger partial charge in [0.1, 0.15) is 0 Å². The SMILES string of the molecule is CCNc1nnc(S[C@H](C)C(=O)N(CCC#N)c2ccccc2)s1. The highest BCUT2D eigenvalue weighted by atomic mass is 32.2. The Bertz CT molecular complexity index is 698. The first kappa shape index (κ1) is 18.2. The van der Waals surface area contributed by atoms with Crippen LogP contribution in [0.2, 0.25) is 0 Å². The highest BCUT2D eigenvalue weighted by molar-refractivity contribution is 8.02. The summed E-state index contributed by atoms with van der Waals surface area (Å²) in [5, 5.41) is 20.5. The zero-order valence-corrected chi connectivity index (χ0v) is 15.2. The number of carbonyl (C=O) groups is 1. The zero-order chi connectivity index (χ0) is 17.4. The second-order valence-electron chi connectivity index (χ2n) is 4.90. The summed E-state index contributed by atoms with van der Waals surface area (Å²) in [4.78, 5) is 14.5. The summed E-state index contributed by atoms with van der Waals surface area (Å²) in [6.45, 7) is 5.00. The maximum Gasteiger partial charge on any atom is 0.240 e. The van der Waals surface area contributed by atoms with Crippen molar-refractivity contribution >= 4 is 39.8 Å². The topological polar surface area (TPSA) is 81.9 Å². The molecule has 24 heavy (non-hydrogen) atoms. The molecule has 0 aliphatic carbocycles. The number of aromatic nitrogens is 2. The van der Waals surface area contributed by atoms with Crippen molar-refractivity contribution in [3.63, 3.8) is 0 Å². The van der Waals surface area contributed by atoms with Crippen LogP contribution in [0.15, 0.2) is 34.7 Å². The third-order valence-electron chi connectivity index (χ3n) is 3.14. The van der Waals surface area contributed by atoms with Crippen LogP contribution in [0.4, 0.5) is 10.8 Å². The lowest BCUT2D eigenvalue weighted by Crippen LogP contribution is -2.37. The molecular weight excluding hydrogens is 342 g/mol. The van der Waals surface area contributed by atoms with Crippen LogP contribution in [0.25, 0.3) is 0 Å². The Morgan fingerprint density at radius 1 is 1.42 bits per heavy atom. The number of thioether (sulfide) groups is 1. The number of amides is 1. The molecule has 0 aliphatic heterocycles. The molecule has 0 saturated heterocycles. The molecule has 0 unspecified atom stereocenters. The Morgan fingerprint density at radius 3 is 2.83 bits per heavy atom. The molecule has 1 amide bonds. The number of benzene rings is 1. The van der Waals surface area contributed by atoms with Gasteiger partial charge in [0, 0.05) is 18.8 Å². The van der Waals surface area contributed by atoms with Crippen LogP contribution in [-0.4, -0.2) is 34.4 Å². The number of hydrogen-bond acceptors (Lipinski definition) is 7. The van der Waals surface area contributed by atoms with Gasteiger partial charge in [-0.25, -0.2) is 0 Å². The van der Waals surface area contributed by atoms with Crippen LogP contribution >= 0.6 is 23.1 Å². The Balaban J connectivity index is 2.08. The fourth-order valence-electron chi connectivity index (χ4n) is 2.04. The molecule has 0 saturated carbocycles. The number of rotatable bonds is 8. The molecule has 0 spiro atoms. The average molecular weight is 361 g/mol. The van der Waals surface area contributed by atoms with E-state index in [2.05, 4.69) is 21.6 Å². The van der Waals surface area contributed by atoms with E-state index in [1.807, 2.05) is 44.2 Å². The Hall–Kier alpha value is -2.11. The fourth-order valence-corrected chi connectivity index (χ4v) is 4.06. The summed E-state index contributed by atoms with van der Waals surface area (Å²) in [6, 6.07) is 11.5. The summed E-state index contributed by atoms with van der Waals surface area (Å²) in [5.74, 6) is -0.0401. The van der Waals surface area contributed by atoms with Gasteiger partial charge in [-0.15, -0.1) is 10.2 Å². The highest BCUT2D eigenvalue weighted by Gasteiger charge is 2.24. The predicted molar refractivity (Wildman–Crippen MR) is 98.4 cm³/mol. The second-order valence-corrected chi connectivity index (χ2v) is 7.46. The first-order valence-corrected chi connectivity index (χ1v) is 9.32. The lowest BCUT2D eigenvalue weighted by atomic mass is 10.2. The van der Waals surface area contributed by atoms with Crippen LogP contribution < -0.4 is 10.2 Å². The average Bonchev–Trinajstić information content (AvgIpc) is 3.03. The molecule has 6 nitrogen and oxygen atoms in total. The van der Waals surface area contributed by atoms with Crippen molar-refractivity contribution in [2.45, 2.75) is 29.9 Å². The van der Waals surface area contributed by atoms with Gasteiger partial charge in [0.15, 0.2) is 4.34 Å². The normalized spacial score (nSPS) is 11.5. The number of carbonyl (C=O) groups excluding carboxylic acids is 1. The Labute approximate surface area is 149 Å². The van der Waals surface area contributed by atoms with Crippen molar-refractivity contribution in [3.8, 4) is 6.07 Å². The lowest BCUT2D eigenvalue weighted by molar-refractivity contribution is -0.117. The second kappa shape index (κ2) is 9.25. The molecule has 0 radical (unpaired) electrons. The van der Waals surface area contributed by atoms with Gasteiger partial charge in [-0.1, -0.05) is 41.3 Å². The van der Waals surface area contributed by atoms with E-state index in [-0.39, 0.29) is 11.2 Å². The van der Waals surface area contributed by atoms with E-state index >= 15 is 0 Å². The molecule has 1 heterocycles. The van der Waals surface area contributed by atoms with E-state index in [9.17, 15) is 4.79 Å². The van der Waals surface area contributed by atoms with Gasteiger partial charge in [-0.3, -0.25) is 4.79 Å². The van der Waals surface area contributed by atoms with Crippen LogP contribution in [0.1, 0.15) is 20.3 Å². The van der Waals surface area contributed by atoms with Crippen LogP contribution in [0.3, 0.4) is 0 Å². The molecule has 8 heteroatoms. The van der Waals surface area contributed by atoms with E-state index in [1.165, 1.54) is 23.1 Å². The van der Waals surface area contributed by atoms with E-state index in [0.717, 1.165) is 21.7 Å². The number of nitrogens with zero attached hydrogens (tertiary/aromatic N) is 4. The van der Waals surface area contributed by atoms with Gasteiger partial charge in [0.05, 0.1) is 17.7 Å². The molecule has 1 atom stereocenters. The number of anilines is 2. The summed E-state index contributed by atoms with van der Waals surface area (Å²) >= 11 is 2.82. The quantitative estimate of drug-likeness (QED) is 0.726. The fraction of sp³-hybridized carbons (Fsp3) is 0.375. The molecular formula is C16H19N5OS2. The minimum Gasteiger partial charge on any atom is -0.360 e. The van der Waals surface area contributed by atoms with Crippen molar-refractivity contribution in [1.82, 2.24) is 10.2 Å². The van der Waals surface area contributed by atoms with Crippen LogP contribution in [0, 0.1) is 11.3 Å². The molecule has 0 fully saturated rings. The van der Waals surface area contributed by atoms with Gasteiger partial charge >= 0.3 is 0 Å². The summed E-state index contributed by atoms with van der Waals surface area (Å²) in [5.41, 5.74) is 0.802. The summed E-state index contributed by atoms with van der Waals surface area (Å²) in [7, 11) is 0. The van der Waals surface area contributed by atoms with Crippen molar-refractivity contribution < 1.29 is 4.79 Å². The third-order valence-corrected chi connectivity index (χ3v) is 5.19. The van der Waals surface area contributed by atoms with E-state index in [4.69, 9.17) is 5.26 Å². The van der Waals surface area contributed by atoms with Gasteiger partial charge in [0.25, 0.3) is 0 Å². The van der Waals surface area contributed by atoms with Crippen LogP contribution in [0.5, 0.6) is 0 Å². The highest BCUT2D eigenvalue weighted by Crippen LogP contribution is 2.30. The molecule has 1 aromatic heterocycles. The maximum atomic E-state index is 12.8. The number of hydrogen-bond donors (Lipinski definition) is 1. The van der Waals surface area contributed by atoms with E-state index < -0.39 is 0 Å². The van der Waals surface area contributed by atoms with Gasteiger partial charge < -0.3 is 10.2 Å².